The number of benzene rings is 1. The average molecular weight is 246 g/mol. The lowest BCUT2D eigenvalue weighted by Crippen LogP contribution is -2.23. The standard InChI is InChI=1S/C13H14N2O3/c1-2-14-7-8-15(13(14)18)9-10-3-5-11(6-4-10)12(16)17/h3-8H,2,9H2,1H3,(H,16,17). The van der Waals surface area contributed by atoms with Crippen LogP contribution in [0.2, 0.25) is 0 Å². The van der Waals surface area contributed by atoms with Crippen LogP contribution in [0.3, 0.4) is 0 Å². The number of aryl methyl sites for hydroxylation is 1. The molecule has 0 bridgehead atoms. The van der Waals surface area contributed by atoms with Crippen LogP contribution < -0.4 is 5.69 Å². The Morgan fingerprint density at radius 1 is 1.17 bits per heavy atom. The largest absolute Gasteiger partial charge is 0.478 e. The zero-order chi connectivity index (χ0) is 13.1. The van der Waals surface area contributed by atoms with Crippen LogP contribution in [0, 0.1) is 0 Å². The first-order valence-corrected chi connectivity index (χ1v) is 5.69. The monoisotopic (exact) mass is 246 g/mol. The Balaban J connectivity index is 2.21. The van der Waals surface area contributed by atoms with Crippen LogP contribution >= 0.6 is 0 Å². The summed E-state index contributed by atoms with van der Waals surface area (Å²) < 4.78 is 3.21. The lowest BCUT2D eigenvalue weighted by atomic mass is 10.1. The highest BCUT2D eigenvalue weighted by molar-refractivity contribution is 5.87. The van der Waals surface area contributed by atoms with E-state index in [2.05, 4.69) is 0 Å². The number of aromatic nitrogens is 2. The van der Waals surface area contributed by atoms with Crippen molar-refractivity contribution in [2.24, 2.45) is 0 Å². The highest BCUT2D eigenvalue weighted by atomic mass is 16.4. The van der Waals surface area contributed by atoms with Gasteiger partial charge in [-0.2, -0.15) is 0 Å². The average Bonchev–Trinajstić information content (AvgIpc) is 2.71. The van der Waals surface area contributed by atoms with E-state index in [0.29, 0.717) is 13.1 Å². The Kier molecular flexibility index (Phi) is 3.32. The molecular weight excluding hydrogens is 232 g/mol. The summed E-state index contributed by atoms with van der Waals surface area (Å²) >= 11 is 0. The molecule has 0 unspecified atom stereocenters. The van der Waals surface area contributed by atoms with Gasteiger partial charge in [-0.1, -0.05) is 12.1 Å². The summed E-state index contributed by atoms with van der Waals surface area (Å²) in [4.78, 5) is 22.5. The van der Waals surface area contributed by atoms with Gasteiger partial charge in [-0.3, -0.25) is 9.13 Å². The summed E-state index contributed by atoms with van der Waals surface area (Å²) in [5.41, 5.74) is 1.09. The summed E-state index contributed by atoms with van der Waals surface area (Å²) in [5.74, 6) is -0.948. The molecule has 5 nitrogen and oxygen atoms in total. The van der Waals surface area contributed by atoms with Gasteiger partial charge < -0.3 is 5.11 Å². The molecular formula is C13H14N2O3. The van der Waals surface area contributed by atoms with Crippen LogP contribution in [0.1, 0.15) is 22.8 Å². The minimum atomic E-state index is -0.948. The summed E-state index contributed by atoms with van der Waals surface area (Å²) in [6, 6.07) is 6.53. The molecule has 0 aliphatic rings. The SMILES string of the molecule is CCn1ccn(Cc2ccc(C(=O)O)cc2)c1=O. The highest BCUT2D eigenvalue weighted by Gasteiger charge is 2.04. The molecule has 0 saturated heterocycles. The third-order valence-corrected chi connectivity index (χ3v) is 2.81. The Bertz CT molecular complexity index is 608. The number of carboxylic acid groups (broad SMARTS) is 1. The highest BCUT2D eigenvalue weighted by Crippen LogP contribution is 2.05. The molecule has 2 aromatic rings. The molecule has 0 saturated carbocycles. The van der Waals surface area contributed by atoms with Crippen LogP contribution in [0.5, 0.6) is 0 Å². The maximum Gasteiger partial charge on any atom is 0.335 e. The van der Waals surface area contributed by atoms with E-state index in [4.69, 9.17) is 5.11 Å². The minimum absolute atomic E-state index is 0.0557. The molecule has 94 valence electrons. The topological polar surface area (TPSA) is 64.2 Å². The molecule has 0 amide bonds. The number of nitrogens with zero attached hydrogens (tertiary/aromatic N) is 2. The number of hydrogen-bond acceptors (Lipinski definition) is 2. The van der Waals surface area contributed by atoms with Crippen molar-refractivity contribution in [2.45, 2.75) is 20.0 Å². The summed E-state index contributed by atoms with van der Waals surface area (Å²) in [5, 5.41) is 8.79. The summed E-state index contributed by atoms with van der Waals surface area (Å²) in [6.45, 7) is 3.00. The lowest BCUT2D eigenvalue weighted by molar-refractivity contribution is 0.0697. The van der Waals surface area contributed by atoms with Gasteiger partial charge in [0.15, 0.2) is 0 Å². The maximum atomic E-state index is 11.8. The van der Waals surface area contributed by atoms with Gasteiger partial charge in [0.25, 0.3) is 0 Å². The second-order valence-corrected chi connectivity index (χ2v) is 4.00. The van der Waals surface area contributed by atoms with Crippen molar-refractivity contribution in [1.82, 2.24) is 9.13 Å². The zero-order valence-electron chi connectivity index (χ0n) is 10.0. The fourth-order valence-electron chi connectivity index (χ4n) is 1.76. The van der Waals surface area contributed by atoms with Gasteiger partial charge in [0.2, 0.25) is 0 Å². The van der Waals surface area contributed by atoms with E-state index in [9.17, 15) is 9.59 Å². The summed E-state index contributed by atoms with van der Waals surface area (Å²) in [7, 11) is 0. The van der Waals surface area contributed by atoms with E-state index < -0.39 is 5.97 Å². The van der Waals surface area contributed by atoms with Crippen molar-refractivity contribution in [2.75, 3.05) is 0 Å². The Labute approximate surface area is 104 Å². The number of hydrogen-bond donors (Lipinski definition) is 1. The first-order valence-electron chi connectivity index (χ1n) is 5.69. The smallest absolute Gasteiger partial charge is 0.335 e. The Morgan fingerprint density at radius 2 is 1.78 bits per heavy atom. The van der Waals surface area contributed by atoms with Gasteiger partial charge in [0, 0.05) is 18.9 Å². The number of carboxylic acids is 1. The Morgan fingerprint density at radius 3 is 2.28 bits per heavy atom. The molecule has 0 aliphatic heterocycles. The molecule has 1 heterocycles. The van der Waals surface area contributed by atoms with Crippen molar-refractivity contribution in [3.63, 3.8) is 0 Å². The van der Waals surface area contributed by atoms with Crippen LogP contribution in [0.15, 0.2) is 41.5 Å². The van der Waals surface area contributed by atoms with Gasteiger partial charge in [-0.25, -0.2) is 9.59 Å². The van der Waals surface area contributed by atoms with E-state index in [-0.39, 0.29) is 11.3 Å². The second-order valence-electron chi connectivity index (χ2n) is 4.00. The minimum Gasteiger partial charge on any atom is -0.478 e. The van der Waals surface area contributed by atoms with E-state index >= 15 is 0 Å². The molecule has 1 N–H and O–H groups in total. The van der Waals surface area contributed by atoms with E-state index in [1.807, 2.05) is 6.92 Å². The second kappa shape index (κ2) is 4.91. The predicted octanol–water partition coefficient (Wildman–Crippen LogP) is 1.42. The van der Waals surface area contributed by atoms with E-state index in [0.717, 1.165) is 5.56 Å². The lowest BCUT2D eigenvalue weighted by Gasteiger charge is -2.02. The molecule has 0 spiro atoms. The molecule has 5 heteroatoms. The van der Waals surface area contributed by atoms with Gasteiger partial charge in [-0.05, 0) is 24.6 Å². The Hall–Kier alpha value is -2.30. The van der Waals surface area contributed by atoms with Gasteiger partial charge in [0.05, 0.1) is 12.1 Å². The molecule has 0 atom stereocenters. The van der Waals surface area contributed by atoms with Crippen LogP contribution in [-0.2, 0) is 13.1 Å². The first kappa shape index (κ1) is 12.2. The molecule has 1 aromatic heterocycles. The molecule has 0 aliphatic carbocycles. The van der Waals surface area contributed by atoms with E-state index in [1.165, 1.54) is 0 Å². The normalized spacial score (nSPS) is 10.5. The van der Waals surface area contributed by atoms with Crippen molar-refractivity contribution in [1.29, 1.82) is 0 Å². The quantitative estimate of drug-likeness (QED) is 0.887. The van der Waals surface area contributed by atoms with Gasteiger partial charge >= 0.3 is 11.7 Å². The number of carbonyl (C=O) groups is 1. The predicted molar refractivity (Wildman–Crippen MR) is 66.9 cm³/mol. The zero-order valence-corrected chi connectivity index (χ0v) is 10.0. The molecule has 2 rings (SSSR count). The number of imidazole rings is 1. The van der Waals surface area contributed by atoms with Crippen LogP contribution in [-0.4, -0.2) is 20.2 Å². The molecule has 0 fully saturated rings. The van der Waals surface area contributed by atoms with Crippen LogP contribution in [0.4, 0.5) is 0 Å². The fraction of sp³-hybridized carbons (Fsp3) is 0.231. The molecule has 0 radical (unpaired) electrons. The molecule has 1 aromatic carbocycles. The van der Waals surface area contributed by atoms with E-state index in [1.54, 1.807) is 45.8 Å². The maximum absolute atomic E-state index is 11.8. The first-order chi connectivity index (χ1) is 8.61. The molecule has 18 heavy (non-hydrogen) atoms. The third kappa shape index (κ3) is 2.34. The van der Waals surface area contributed by atoms with Gasteiger partial charge in [0.1, 0.15) is 0 Å². The van der Waals surface area contributed by atoms with Crippen LogP contribution in [0.25, 0.3) is 0 Å². The van der Waals surface area contributed by atoms with Crippen molar-refractivity contribution < 1.29 is 9.90 Å². The van der Waals surface area contributed by atoms with Crippen molar-refractivity contribution in [3.05, 3.63) is 58.3 Å². The number of rotatable bonds is 4. The fourth-order valence-corrected chi connectivity index (χ4v) is 1.76. The van der Waals surface area contributed by atoms with Crippen molar-refractivity contribution >= 4 is 5.97 Å². The van der Waals surface area contributed by atoms with Gasteiger partial charge in [-0.15, -0.1) is 0 Å². The summed E-state index contributed by atoms with van der Waals surface area (Å²) in [6.07, 6.45) is 3.48. The van der Waals surface area contributed by atoms with Crippen molar-refractivity contribution in [3.8, 4) is 0 Å². The third-order valence-electron chi connectivity index (χ3n) is 2.81. The number of aromatic carboxylic acids is 1.